The summed E-state index contributed by atoms with van der Waals surface area (Å²) in [6.45, 7) is 0. The van der Waals surface area contributed by atoms with Crippen molar-refractivity contribution in [1.82, 2.24) is 9.66 Å². The van der Waals surface area contributed by atoms with Gasteiger partial charge in [0.1, 0.15) is 4.83 Å². The van der Waals surface area contributed by atoms with Crippen molar-refractivity contribution in [3.63, 3.8) is 0 Å². The summed E-state index contributed by atoms with van der Waals surface area (Å²) in [5, 5.41) is 9.71. The molecule has 0 aliphatic heterocycles. The van der Waals surface area contributed by atoms with Crippen LogP contribution in [0, 0.1) is 11.3 Å². The molecule has 0 radical (unpaired) electrons. The van der Waals surface area contributed by atoms with Crippen LogP contribution in [0.5, 0.6) is 0 Å². The van der Waals surface area contributed by atoms with Gasteiger partial charge in [0.15, 0.2) is 5.16 Å². The van der Waals surface area contributed by atoms with Crippen molar-refractivity contribution in [1.29, 1.82) is 5.26 Å². The molecule has 0 saturated carbocycles. The molecule has 0 fully saturated rings. The fourth-order valence-electron chi connectivity index (χ4n) is 2.40. The molecule has 2 aromatic heterocycles. The molecule has 0 bridgehead atoms. The third kappa shape index (κ3) is 2.01. The van der Waals surface area contributed by atoms with E-state index in [0.29, 0.717) is 10.5 Å². The number of aryl methyl sites for hydroxylation is 2. The van der Waals surface area contributed by atoms with Gasteiger partial charge < -0.3 is 5.84 Å². The molecule has 7 heteroatoms. The topological polar surface area (TPSA) is 84.7 Å². The molecular formula is C12H12N4OS2. The third-order valence-corrected chi connectivity index (χ3v) is 5.26. The summed E-state index contributed by atoms with van der Waals surface area (Å²) in [5.74, 6) is 6.03. The van der Waals surface area contributed by atoms with Crippen molar-refractivity contribution >= 4 is 33.3 Å². The first-order chi connectivity index (χ1) is 9.22. The molecule has 0 amide bonds. The molecular weight excluding hydrogens is 280 g/mol. The maximum Gasteiger partial charge on any atom is 0.281 e. The zero-order valence-corrected chi connectivity index (χ0v) is 11.8. The lowest BCUT2D eigenvalue weighted by atomic mass is 9.97. The quantitative estimate of drug-likeness (QED) is 0.517. The van der Waals surface area contributed by atoms with Gasteiger partial charge >= 0.3 is 0 Å². The molecule has 2 N–H and O–H groups in total. The second-order valence-corrected chi connectivity index (χ2v) is 6.43. The zero-order valence-electron chi connectivity index (χ0n) is 10.2. The van der Waals surface area contributed by atoms with Gasteiger partial charge in [0.2, 0.25) is 0 Å². The number of nitriles is 1. The van der Waals surface area contributed by atoms with Crippen molar-refractivity contribution in [3.8, 4) is 6.07 Å². The molecule has 98 valence electrons. The van der Waals surface area contributed by atoms with Crippen molar-refractivity contribution in [2.45, 2.75) is 30.8 Å². The van der Waals surface area contributed by atoms with Crippen LogP contribution >= 0.6 is 23.1 Å². The van der Waals surface area contributed by atoms with E-state index in [4.69, 9.17) is 11.1 Å². The minimum atomic E-state index is -0.190. The van der Waals surface area contributed by atoms with Crippen molar-refractivity contribution in [3.05, 3.63) is 20.8 Å². The molecule has 0 spiro atoms. The Kier molecular flexibility index (Phi) is 3.21. The van der Waals surface area contributed by atoms with Gasteiger partial charge in [0.25, 0.3) is 5.56 Å². The average molecular weight is 292 g/mol. The molecule has 2 heterocycles. The van der Waals surface area contributed by atoms with E-state index in [2.05, 4.69) is 4.98 Å². The van der Waals surface area contributed by atoms with Gasteiger partial charge in [-0.15, -0.1) is 11.3 Å². The minimum Gasteiger partial charge on any atom is -0.334 e. The van der Waals surface area contributed by atoms with Gasteiger partial charge in [-0.05, 0) is 31.2 Å². The molecule has 5 nitrogen and oxygen atoms in total. The fourth-order valence-corrected chi connectivity index (χ4v) is 4.28. The van der Waals surface area contributed by atoms with Crippen LogP contribution in [0.2, 0.25) is 0 Å². The Labute approximate surface area is 118 Å². The van der Waals surface area contributed by atoms with Gasteiger partial charge in [-0.25, -0.2) is 9.66 Å². The Balaban J connectivity index is 2.22. The Morgan fingerprint density at radius 3 is 3.05 bits per heavy atom. The van der Waals surface area contributed by atoms with E-state index in [9.17, 15) is 4.79 Å². The predicted molar refractivity (Wildman–Crippen MR) is 77.0 cm³/mol. The SMILES string of the molecule is N#CCSc1nc2sc3c(c2c(=O)n1N)CCCC3. The van der Waals surface area contributed by atoms with Crippen molar-refractivity contribution in [2.24, 2.45) is 0 Å². The van der Waals surface area contributed by atoms with Crippen molar-refractivity contribution < 1.29 is 0 Å². The molecule has 0 saturated heterocycles. The molecule has 0 atom stereocenters. The van der Waals surface area contributed by atoms with E-state index in [1.165, 1.54) is 23.1 Å². The Hall–Kier alpha value is -1.52. The second kappa shape index (κ2) is 4.87. The first kappa shape index (κ1) is 12.5. The molecule has 0 aromatic carbocycles. The average Bonchev–Trinajstić information content (AvgIpc) is 2.79. The van der Waals surface area contributed by atoms with Gasteiger partial charge in [0.05, 0.1) is 17.2 Å². The lowest BCUT2D eigenvalue weighted by Crippen LogP contribution is -2.30. The normalized spacial score (nSPS) is 14.3. The molecule has 3 rings (SSSR count). The van der Waals surface area contributed by atoms with E-state index in [1.807, 2.05) is 6.07 Å². The zero-order chi connectivity index (χ0) is 13.4. The monoisotopic (exact) mass is 292 g/mol. The summed E-state index contributed by atoms with van der Waals surface area (Å²) in [4.78, 5) is 18.8. The Morgan fingerprint density at radius 1 is 1.47 bits per heavy atom. The van der Waals surface area contributed by atoms with Crippen LogP contribution in [0.3, 0.4) is 0 Å². The molecule has 2 aromatic rings. The van der Waals surface area contributed by atoms with Crippen LogP contribution in [0.15, 0.2) is 9.95 Å². The van der Waals surface area contributed by atoms with E-state index < -0.39 is 0 Å². The number of nitrogen functional groups attached to an aromatic ring is 1. The number of rotatable bonds is 2. The first-order valence-electron chi connectivity index (χ1n) is 6.04. The van der Waals surface area contributed by atoms with E-state index in [0.717, 1.165) is 34.3 Å². The summed E-state index contributed by atoms with van der Waals surface area (Å²) >= 11 is 2.79. The molecule has 19 heavy (non-hydrogen) atoms. The van der Waals surface area contributed by atoms with E-state index in [-0.39, 0.29) is 11.3 Å². The number of nitrogens with two attached hydrogens (primary N) is 1. The standard InChI is InChI=1S/C12H12N4OS2/c13-5-6-18-12-15-10-9(11(17)16(12)14)7-3-1-2-4-8(7)19-10/h1-4,6,14H2. The second-order valence-electron chi connectivity index (χ2n) is 4.41. The Bertz CT molecular complexity index is 741. The van der Waals surface area contributed by atoms with Gasteiger partial charge in [-0.1, -0.05) is 11.8 Å². The highest BCUT2D eigenvalue weighted by atomic mass is 32.2. The maximum atomic E-state index is 12.4. The summed E-state index contributed by atoms with van der Waals surface area (Å²) in [6.07, 6.45) is 4.26. The van der Waals surface area contributed by atoms with Gasteiger partial charge in [0, 0.05) is 4.88 Å². The Morgan fingerprint density at radius 2 is 2.26 bits per heavy atom. The number of thioether (sulfide) groups is 1. The van der Waals surface area contributed by atoms with Crippen LogP contribution < -0.4 is 11.4 Å². The summed E-state index contributed by atoms with van der Waals surface area (Å²) in [7, 11) is 0. The number of fused-ring (bicyclic) bond motifs is 3. The number of hydrogen-bond acceptors (Lipinski definition) is 6. The van der Waals surface area contributed by atoms with Crippen LogP contribution in [-0.2, 0) is 12.8 Å². The smallest absolute Gasteiger partial charge is 0.281 e. The summed E-state index contributed by atoms with van der Waals surface area (Å²) in [5.41, 5.74) is 0.949. The third-order valence-electron chi connectivity index (χ3n) is 3.25. The lowest BCUT2D eigenvalue weighted by Gasteiger charge is -2.10. The number of aromatic nitrogens is 2. The van der Waals surface area contributed by atoms with E-state index >= 15 is 0 Å². The summed E-state index contributed by atoms with van der Waals surface area (Å²) < 4.78 is 1.08. The molecule has 1 aliphatic rings. The van der Waals surface area contributed by atoms with E-state index in [1.54, 1.807) is 11.3 Å². The number of hydrogen-bond donors (Lipinski definition) is 1. The highest BCUT2D eigenvalue weighted by Crippen LogP contribution is 2.34. The fraction of sp³-hybridized carbons (Fsp3) is 0.417. The number of thiophene rings is 1. The van der Waals surface area contributed by atoms with Crippen LogP contribution in [0.1, 0.15) is 23.3 Å². The predicted octanol–water partition coefficient (Wildman–Crippen LogP) is 1.67. The number of nitrogens with zero attached hydrogens (tertiary/aromatic N) is 3. The van der Waals surface area contributed by atoms with Crippen molar-refractivity contribution in [2.75, 3.05) is 11.6 Å². The molecule has 0 unspecified atom stereocenters. The maximum absolute atomic E-state index is 12.4. The molecule has 1 aliphatic carbocycles. The van der Waals surface area contributed by atoms with Crippen LogP contribution in [0.25, 0.3) is 10.2 Å². The first-order valence-corrected chi connectivity index (χ1v) is 7.84. The minimum absolute atomic E-state index is 0.190. The lowest BCUT2D eigenvalue weighted by molar-refractivity contribution is 0.698. The van der Waals surface area contributed by atoms with Gasteiger partial charge in [-0.3, -0.25) is 4.79 Å². The highest BCUT2D eigenvalue weighted by Gasteiger charge is 2.21. The summed E-state index contributed by atoms with van der Waals surface area (Å²) in [6, 6.07) is 2.02. The van der Waals surface area contributed by atoms with Crippen LogP contribution in [-0.4, -0.2) is 15.4 Å². The highest BCUT2D eigenvalue weighted by molar-refractivity contribution is 7.99. The largest absolute Gasteiger partial charge is 0.334 e. The van der Waals surface area contributed by atoms with Gasteiger partial charge in [-0.2, -0.15) is 5.26 Å². The van der Waals surface area contributed by atoms with Crippen LogP contribution in [0.4, 0.5) is 0 Å².